The van der Waals surface area contributed by atoms with Crippen molar-refractivity contribution >= 4 is 16.1 Å². The van der Waals surface area contributed by atoms with Gasteiger partial charge in [-0.05, 0) is 39.3 Å². The molecule has 0 heterocycles. The van der Waals surface area contributed by atoms with Crippen LogP contribution in [0.4, 0.5) is 0 Å². The first kappa shape index (κ1) is 15.7. The molecule has 0 unspecified atom stereocenters. The molecule has 1 aromatic rings. The molecule has 6 heteroatoms. The molecular formula is C13H18O5S. The van der Waals surface area contributed by atoms with Crippen molar-refractivity contribution in [3.63, 3.8) is 0 Å². The Labute approximate surface area is 113 Å². The summed E-state index contributed by atoms with van der Waals surface area (Å²) >= 11 is 0. The second-order valence-electron chi connectivity index (χ2n) is 5.00. The van der Waals surface area contributed by atoms with Crippen LogP contribution in [0.1, 0.15) is 32.3 Å². The standard InChI is InChI=1S/C13H18O5S/c1-10-4-6-11(7-5-10)19(16,17)18-13(2,3)9-8-12(14)15/h4-7H,8-9H2,1-3H3,(H,14,15). The molecule has 0 saturated heterocycles. The zero-order valence-electron chi connectivity index (χ0n) is 11.2. The van der Waals surface area contributed by atoms with E-state index in [-0.39, 0.29) is 17.7 Å². The maximum absolute atomic E-state index is 12.0. The molecule has 5 nitrogen and oxygen atoms in total. The first-order valence-corrected chi connectivity index (χ1v) is 7.27. The van der Waals surface area contributed by atoms with Gasteiger partial charge in [-0.25, -0.2) is 0 Å². The van der Waals surface area contributed by atoms with Crippen molar-refractivity contribution in [2.24, 2.45) is 0 Å². The number of carboxylic acid groups (broad SMARTS) is 1. The van der Waals surface area contributed by atoms with E-state index in [4.69, 9.17) is 9.29 Å². The summed E-state index contributed by atoms with van der Waals surface area (Å²) in [4.78, 5) is 10.6. The zero-order chi connectivity index (χ0) is 14.7. The largest absolute Gasteiger partial charge is 0.481 e. The molecule has 1 N–H and O–H groups in total. The molecule has 0 radical (unpaired) electrons. The van der Waals surface area contributed by atoms with Crippen molar-refractivity contribution in [3.05, 3.63) is 29.8 Å². The Morgan fingerprint density at radius 3 is 2.26 bits per heavy atom. The van der Waals surface area contributed by atoms with E-state index >= 15 is 0 Å². The van der Waals surface area contributed by atoms with Gasteiger partial charge in [-0.3, -0.25) is 8.98 Å². The van der Waals surface area contributed by atoms with Gasteiger partial charge in [-0.2, -0.15) is 8.42 Å². The van der Waals surface area contributed by atoms with Crippen LogP contribution in [0.25, 0.3) is 0 Å². The van der Waals surface area contributed by atoms with Crippen LogP contribution < -0.4 is 0 Å². The highest BCUT2D eigenvalue weighted by atomic mass is 32.2. The Kier molecular flexibility index (Phi) is 4.70. The third kappa shape index (κ3) is 5.00. The molecule has 1 aromatic carbocycles. The average Bonchev–Trinajstić information content (AvgIpc) is 2.26. The number of hydrogen-bond acceptors (Lipinski definition) is 4. The van der Waals surface area contributed by atoms with Gasteiger partial charge in [0.2, 0.25) is 0 Å². The lowest BCUT2D eigenvalue weighted by Crippen LogP contribution is -2.29. The minimum absolute atomic E-state index is 0.0708. The minimum atomic E-state index is -3.88. The molecule has 0 aliphatic carbocycles. The van der Waals surface area contributed by atoms with Crippen LogP contribution in [0.2, 0.25) is 0 Å². The van der Waals surface area contributed by atoms with Crippen molar-refractivity contribution in [3.8, 4) is 0 Å². The fourth-order valence-electron chi connectivity index (χ4n) is 1.50. The fraction of sp³-hybridized carbons (Fsp3) is 0.462. The van der Waals surface area contributed by atoms with Crippen LogP contribution in [0.3, 0.4) is 0 Å². The lowest BCUT2D eigenvalue weighted by atomic mass is 10.0. The Morgan fingerprint density at radius 1 is 1.26 bits per heavy atom. The summed E-state index contributed by atoms with van der Waals surface area (Å²) in [6, 6.07) is 6.30. The number of carboxylic acids is 1. The Bertz CT molecular complexity index is 543. The van der Waals surface area contributed by atoms with Crippen LogP contribution in [-0.4, -0.2) is 25.1 Å². The second kappa shape index (κ2) is 5.71. The van der Waals surface area contributed by atoms with E-state index in [0.29, 0.717) is 0 Å². The zero-order valence-corrected chi connectivity index (χ0v) is 12.0. The van der Waals surface area contributed by atoms with E-state index in [2.05, 4.69) is 0 Å². The molecule has 1 rings (SSSR count). The molecule has 106 valence electrons. The predicted octanol–water partition coefficient (Wildman–Crippen LogP) is 2.34. The van der Waals surface area contributed by atoms with Crippen molar-refractivity contribution < 1.29 is 22.5 Å². The quantitative estimate of drug-likeness (QED) is 0.812. The molecule has 0 bridgehead atoms. The third-order valence-electron chi connectivity index (χ3n) is 2.59. The van der Waals surface area contributed by atoms with Crippen molar-refractivity contribution in [1.29, 1.82) is 0 Å². The number of benzene rings is 1. The Hall–Kier alpha value is -1.40. The van der Waals surface area contributed by atoms with Crippen LogP contribution in [0, 0.1) is 6.92 Å². The molecule has 0 saturated carbocycles. The van der Waals surface area contributed by atoms with Gasteiger partial charge >= 0.3 is 5.97 Å². The van der Waals surface area contributed by atoms with E-state index in [1.54, 1.807) is 26.0 Å². The number of aliphatic carboxylic acids is 1. The molecule has 0 aliphatic heterocycles. The molecule has 0 fully saturated rings. The van der Waals surface area contributed by atoms with Gasteiger partial charge in [0, 0.05) is 6.42 Å². The van der Waals surface area contributed by atoms with E-state index < -0.39 is 21.7 Å². The maximum Gasteiger partial charge on any atom is 0.303 e. The van der Waals surface area contributed by atoms with Gasteiger partial charge in [-0.15, -0.1) is 0 Å². The smallest absolute Gasteiger partial charge is 0.303 e. The summed E-state index contributed by atoms with van der Waals surface area (Å²) in [6.45, 7) is 4.97. The normalized spacial score (nSPS) is 12.4. The van der Waals surface area contributed by atoms with Gasteiger partial charge in [0.1, 0.15) is 0 Å². The topological polar surface area (TPSA) is 80.7 Å². The summed E-state index contributed by atoms with van der Waals surface area (Å²) in [6.07, 6.45) is -0.0240. The molecule has 0 atom stereocenters. The molecule has 0 aromatic heterocycles. The van der Waals surface area contributed by atoms with Gasteiger partial charge < -0.3 is 5.11 Å². The highest BCUT2D eigenvalue weighted by Gasteiger charge is 2.28. The molecule has 0 amide bonds. The maximum atomic E-state index is 12.0. The van der Waals surface area contributed by atoms with E-state index in [1.165, 1.54) is 12.1 Å². The van der Waals surface area contributed by atoms with Crippen molar-refractivity contribution in [2.75, 3.05) is 0 Å². The van der Waals surface area contributed by atoms with Gasteiger partial charge in [0.05, 0.1) is 10.5 Å². The molecule has 0 spiro atoms. The minimum Gasteiger partial charge on any atom is -0.481 e. The molecular weight excluding hydrogens is 268 g/mol. The van der Waals surface area contributed by atoms with Gasteiger partial charge in [0.25, 0.3) is 10.1 Å². The monoisotopic (exact) mass is 286 g/mol. The van der Waals surface area contributed by atoms with Crippen LogP contribution in [-0.2, 0) is 19.1 Å². The lowest BCUT2D eigenvalue weighted by Gasteiger charge is -2.23. The molecule has 0 aliphatic rings. The van der Waals surface area contributed by atoms with E-state index in [0.717, 1.165) is 5.56 Å². The third-order valence-corrected chi connectivity index (χ3v) is 4.11. The summed E-state index contributed by atoms with van der Waals surface area (Å²) in [5.74, 6) is -0.982. The van der Waals surface area contributed by atoms with E-state index in [9.17, 15) is 13.2 Å². The highest BCUT2D eigenvalue weighted by Crippen LogP contribution is 2.24. The molecule has 19 heavy (non-hydrogen) atoms. The van der Waals surface area contributed by atoms with Crippen molar-refractivity contribution in [1.82, 2.24) is 0 Å². The SMILES string of the molecule is Cc1ccc(S(=O)(=O)OC(C)(C)CCC(=O)O)cc1. The van der Waals surface area contributed by atoms with Crippen LogP contribution in [0.5, 0.6) is 0 Å². The van der Waals surface area contributed by atoms with E-state index in [1.807, 2.05) is 6.92 Å². The Balaban J connectivity index is 2.84. The number of hydrogen-bond donors (Lipinski definition) is 1. The predicted molar refractivity (Wildman–Crippen MR) is 70.4 cm³/mol. The number of rotatable bonds is 6. The lowest BCUT2D eigenvalue weighted by molar-refractivity contribution is -0.138. The van der Waals surface area contributed by atoms with Gasteiger partial charge in [-0.1, -0.05) is 17.7 Å². The van der Waals surface area contributed by atoms with Crippen molar-refractivity contribution in [2.45, 2.75) is 44.1 Å². The first-order valence-electron chi connectivity index (χ1n) is 5.86. The number of aryl methyl sites for hydroxylation is 1. The summed E-state index contributed by atoms with van der Waals surface area (Å²) < 4.78 is 29.2. The summed E-state index contributed by atoms with van der Waals surface area (Å²) in [7, 11) is -3.88. The highest BCUT2D eigenvalue weighted by molar-refractivity contribution is 7.86. The summed E-state index contributed by atoms with van der Waals surface area (Å²) in [5, 5.41) is 8.62. The van der Waals surface area contributed by atoms with Gasteiger partial charge in [0.15, 0.2) is 0 Å². The first-order chi connectivity index (χ1) is 8.62. The number of carbonyl (C=O) groups is 1. The fourth-order valence-corrected chi connectivity index (χ4v) is 2.74. The summed E-state index contributed by atoms with van der Waals surface area (Å²) in [5.41, 5.74) is -0.105. The Morgan fingerprint density at radius 2 is 1.79 bits per heavy atom. The average molecular weight is 286 g/mol. The van der Waals surface area contributed by atoms with Crippen LogP contribution >= 0.6 is 0 Å². The van der Waals surface area contributed by atoms with Crippen LogP contribution in [0.15, 0.2) is 29.2 Å². The second-order valence-corrected chi connectivity index (χ2v) is 6.55.